The minimum atomic E-state index is -0.479. The van der Waals surface area contributed by atoms with E-state index in [1.54, 1.807) is 24.3 Å². The van der Waals surface area contributed by atoms with Gasteiger partial charge in [-0.2, -0.15) is 0 Å². The third kappa shape index (κ3) is 3.90. The number of nitrogens with one attached hydrogen (secondary N) is 1. The van der Waals surface area contributed by atoms with E-state index < -0.39 is 5.91 Å². The van der Waals surface area contributed by atoms with Gasteiger partial charge < -0.3 is 15.8 Å². The molecule has 3 N–H and O–H groups in total. The monoisotopic (exact) mass is 372 g/mol. The summed E-state index contributed by atoms with van der Waals surface area (Å²) in [5.74, 6) is 0.567. The van der Waals surface area contributed by atoms with Gasteiger partial charge in [-0.05, 0) is 68.9 Å². The van der Waals surface area contributed by atoms with E-state index in [1.807, 2.05) is 13.8 Å². The first-order valence-corrected chi connectivity index (χ1v) is 9.69. The molecule has 138 valence electrons. The van der Waals surface area contributed by atoms with Crippen molar-refractivity contribution >= 4 is 28.2 Å². The van der Waals surface area contributed by atoms with Crippen LogP contribution in [0.5, 0.6) is 5.75 Å². The van der Waals surface area contributed by atoms with Crippen molar-refractivity contribution in [1.82, 2.24) is 0 Å². The number of primary amides is 1. The highest BCUT2D eigenvalue weighted by Crippen LogP contribution is 2.39. The molecule has 1 heterocycles. The second kappa shape index (κ2) is 7.50. The number of nitrogens with two attached hydrogens (primary N) is 1. The molecule has 0 bridgehead atoms. The Morgan fingerprint density at radius 3 is 2.58 bits per heavy atom. The lowest BCUT2D eigenvalue weighted by Crippen LogP contribution is -2.19. The predicted octanol–water partition coefficient (Wildman–Crippen LogP) is 4.01. The molecule has 6 heteroatoms. The summed E-state index contributed by atoms with van der Waals surface area (Å²) in [7, 11) is 0. The number of ether oxygens (including phenoxy) is 1. The van der Waals surface area contributed by atoms with E-state index in [2.05, 4.69) is 12.2 Å². The van der Waals surface area contributed by atoms with Crippen LogP contribution in [-0.2, 0) is 12.8 Å². The first-order valence-electron chi connectivity index (χ1n) is 8.87. The van der Waals surface area contributed by atoms with E-state index in [1.165, 1.54) is 11.3 Å². The van der Waals surface area contributed by atoms with E-state index in [0.717, 1.165) is 35.5 Å². The SMILES string of the molecule is CC(C)Oc1ccc(C(=O)Nc2sc3c(c2C(N)=O)CC[C@@H](C)C3)cc1. The lowest BCUT2D eigenvalue weighted by Gasteiger charge is -2.18. The molecule has 0 saturated carbocycles. The summed E-state index contributed by atoms with van der Waals surface area (Å²) >= 11 is 1.47. The number of fused-ring (bicyclic) bond motifs is 1. The largest absolute Gasteiger partial charge is 0.491 e. The third-order valence-electron chi connectivity index (χ3n) is 4.47. The van der Waals surface area contributed by atoms with Crippen LogP contribution in [0, 0.1) is 5.92 Å². The van der Waals surface area contributed by atoms with Crippen molar-refractivity contribution in [3.05, 3.63) is 45.8 Å². The van der Waals surface area contributed by atoms with Gasteiger partial charge in [-0.25, -0.2) is 0 Å². The summed E-state index contributed by atoms with van der Waals surface area (Å²) in [6.45, 7) is 6.10. The number of benzene rings is 1. The zero-order valence-corrected chi connectivity index (χ0v) is 16.1. The lowest BCUT2D eigenvalue weighted by molar-refractivity contribution is 0.1000. The Labute approximate surface area is 157 Å². The fourth-order valence-corrected chi connectivity index (χ4v) is 4.64. The van der Waals surface area contributed by atoms with Gasteiger partial charge in [0.2, 0.25) is 0 Å². The quantitative estimate of drug-likeness (QED) is 0.832. The van der Waals surface area contributed by atoms with E-state index >= 15 is 0 Å². The van der Waals surface area contributed by atoms with Crippen molar-refractivity contribution in [1.29, 1.82) is 0 Å². The second-order valence-electron chi connectivity index (χ2n) is 7.07. The molecule has 3 rings (SSSR count). The molecule has 1 atom stereocenters. The molecule has 0 saturated heterocycles. The van der Waals surface area contributed by atoms with Crippen LogP contribution in [0.1, 0.15) is 58.3 Å². The van der Waals surface area contributed by atoms with Crippen molar-refractivity contribution in [2.75, 3.05) is 5.32 Å². The van der Waals surface area contributed by atoms with E-state index in [0.29, 0.717) is 22.0 Å². The van der Waals surface area contributed by atoms with Crippen molar-refractivity contribution in [3.8, 4) is 5.75 Å². The number of carbonyl (C=O) groups excluding carboxylic acids is 2. The average molecular weight is 372 g/mol. The van der Waals surface area contributed by atoms with Crippen molar-refractivity contribution in [2.45, 2.75) is 46.1 Å². The van der Waals surface area contributed by atoms with Gasteiger partial charge >= 0.3 is 0 Å². The summed E-state index contributed by atoms with van der Waals surface area (Å²) in [5.41, 5.74) is 7.60. The topological polar surface area (TPSA) is 81.4 Å². The molecule has 1 aliphatic rings. The number of hydrogen-bond acceptors (Lipinski definition) is 4. The molecule has 0 radical (unpaired) electrons. The highest BCUT2D eigenvalue weighted by Gasteiger charge is 2.27. The lowest BCUT2D eigenvalue weighted by atomic mass is 9.88. The highest BCUT2D eigenvalue weighted by molar-refractivity contribution is 7.17. The Hall–Kier alpha value is -2.34. The van der Waals surface area contributed by atoms with Gasteiger partial charge in [0.25, 0.3) is 11.8 Å². The van der Waals surface area contributed by atoms with Gasteiger partial charge in [0.15, 0.2) is 0 Å². The molecular formula is C20H24N2O3S. The normalized spacial score (nSPS) is 16.2. The van der Waals surface area contributed by atoms with Crippen LogP contribution < -0.4 is 15.8 Å². The molecular weight excluding hydrogens is 348 g/mol. The maximum absolute atomic E-state index is 12.6. The van der Waals surface area contributed by atoms with Crippen LogP contribution in [0.15, 0.2) is 24.3 Å². The summed E-state index contributed by atoms with van der Waals surface area (Å²) < 4.78 is 5.59. The summed E-state index contributed by atoms with van der Waals surface area (Å²) in [6.07, 6.45) is 2.88. The van der Waals surface area contributed by atoms with Crippen molar-refractivity contribution in [3.63, 3.8) is 0 Å². The van der Waals surface area contributed by atoms with E-state index in [-0.39, 0.29) is 12.0 Å². The zero-order valence-electron chi connectivity index (χ0n) is 15.3. The molecule has 0 fully saturated rings. The minimum absolute atomic E-state index is 0.0765. The maximum Gasteiger partial charge on any atom is 0.256 e. The fraction of sp³-hybridized carbons (Fsp3) is 0.400. The van der Waals surface area contributed by atoms with Crippen molar-refractivity contribution in [2.24, 2.45) is 11.7 Å². The Kier molecular flexibility index (Phi) is 5.32. The number of hydrogen-bond donors (Lipinski definition) is 2. The number of thiophene rings is 1. The van der Waals surface area contributed by atoms with E-state index in [9.17, 15) is 9.59 Å². The molecule has 1 aromatic carbocycles. The summed E-state index contributed by atoms with van der Waals surface area (Å²) in [5, 5.41) is 3.44. The predicted molar refractivity (Wildman–Crippen MR) is 104 cm³/mol. The van der Waals surface area contributed by atoms with Crippen LogP contribution in [-0.4, -0.2) is 17.9 Å². The third-order valence-corrected chi connectivity index (χ3v) is 5.64. The van der Waals surface area contributed by atoms with E-state index in [4.69, 9.17) is 10.5 Å². The average Bonchev–Trinajstić information content (AvgIpc) is 2.91. The molecule has 1 aromatic heterocycles. The minimum Gasteiger partial charge on any atom is -0.491 e. The molecule has 0 spiro atoms. The second-order valence-corrected chi connectivity index (χ2v) is 8.17. The molecule has 1 aliphatic carbocycles. The number of carbonyl (C=O) groups is 2. The molecule has 0 unspecified atom stereocenters. The number of amides is 2. The summed E-state index contributed by atoms with van der Waals surface area (Å²) in [4.78, 5) is 25.7. The van der Waals surface area contributed by atoms with Crippen LogP contribution >= 0.6 is 11.3 Å². The number of rotatable bonds is 5. The molecule has 2 amide bonds. The van der Waals surface area contributed by atoms with Crippen LogP contribution in [0.25, 0.3) is 0 Å². The smallest absolute Gasteiger partial charge is 0.256 e. The van der Waals surface area contributed by atoms with Crippen LogP contribution in [0.3, 0.4) is 0 Å². The highest BCUT2D eigenvalue weighted by atomic mass is 32.1. The Morgan fingerprint density at radius 1 is 1.27 bits per heavy atom. The van der Waals surface area contributed by atoms with Gasteiger partial charge in [-0.1, -0.05) is 6.92 Å². The zero-order chi connectivity index (χ0) is 18.8. The maximum atomic E-state index is 12.6. The van der Waals surface area contributed by atoms with Crippen molar-refractivity contribution < 1.29 is 14.3 Å². The molecule has 5 nitrogen and oxygen atoms in total. The standard InChI is InChI=1S/C20H24N2O3S/c1-11(2)25-14-7-5-13(6-8-14)19(24)22-20-17(18(21)23)15-9-4-12(3)10-16(15)26-20/h5-8,11-12H,4,9-10H2,1-3H3,(H2,21,23)(H,22,24)/t12-/m1/s1. The van der Waals surface area contributed by atoms with Gasteiger partial charge in [0.05, 0.1) is 11.7 Å². The number of anilines is 1. The van der Waals surface area contributed by atoms with Crippen LogP contribution in [0.2, 0.25) is 0 Å². The first kappa shape index (κ1) is 18.5. The van der Waals surface area contributed by atoms with Gasteiger partial charge in [-0.15, -0.1) is 11.3 Å². The summed E-state index contributed by atoms with van der Waals surface area (Å²) in [6, 6.07) is 6.97. The Balaban J connectivity index is 1.82. The molecule has 0 aliphatic heterocycles. The molecule has 26 heavy (non-hydrogen) atoms. The van der Waals surface area contributed by atoms with Crippen LogP contribution in [0.4, 0.5) is 5.00 Å². The fourth-order valence-electron chi connectivity index (χ4n) is 3.23. The van der Waals surface area contributed by atoms with Gasteiger partial charge in [-0.3, -0.25) is 9.59 Å². The van der Waals surface area contributed by atoms with Gasteiger partial charge in [0, 0.05) is 10.4 Å². The molecule has 2 aromatic rings. The Bertz CT molecular complexity index is 824. The van der Waals surface area contributed by atoms with Gasteiger partial charge in [0.1, 0.15) is 10.8 Å². The first-order chi connectivity index (χ1) is 12.3. The Morgan fingerprint density at radius 2 is 1.96 bits per heavy atom.